The maximum atomic E-state index is 14.1. The Morgan fingerprint density at radius 2 is 1.90 bits per heavy atom. The van der Waals surface area contributed by atoms with Gasteiger partial charge in [0.05, 0.1) is 17.7 Å². The van der Waals surface area contributed by atoms with E-state index < -0.39 is 15.8 Å². The van der Waals surface area contributed by atoms with Crippen LogP contribution in [0, 0.1) is 5.82 Å². The minimum atomic E-state index is -3.85. The van der Waals surface area contributed by atoms with Gasteiger partial charge in [-0.2, -0.15) is 0 Å². The molecule has 2 aromatic carbocycles. The summed E-state index contributed by atoms with van der Waals surface area (Å²) in [6.45, 7) is 0. The fourth-order valence-electron chi connectivity index (χ4n) is 2.99. The second-order valence-corrected chi connectivity index (χ2v) is 7.75. The number of aromatic nitrogens is 3. The van der Waals surface area contributed by atoms with Gasteiger partial charge < -0.3 is 4.74 Å². The second kappa shape index (κ2) is 7.44. The molecule has 2 heterocycles. The number of halogens is 1. The van der Waals surface area contributed by atoms with Crippen molar-refractivity contribution in [3.8, 4) is 17.0 Å². The van der Waals surface area contributed by atoms with Crippen molar-refractivity contribution in [3.05, 3.63) is 73.1 Å². The predicted octanol–water partition coefficient (Wildman–Crippen LogP) is 3.64. The zero-order chi connectivity index (χ0) is 20.4. The number of benzene rings is 2. The molecule has 7 nitrogen and oxygen atoms in total. The Balaban J connectivity index is 1.81. The fraction of sp³-hybridized carbons (Fsp3) is 0.0500. The average Bonchev–Trinajstić information content (AvgIpc) is 2.73. The van der Waals surface area contributed by atoms with Gasteiger partial charge in [0.2, 0.25) is 0 Å². The summed E-state index contributed by atoms with van der Waals surface area (Å²) in [5, 5.41) is 1.30. The van der Waals surface area contributed by atoms with E-state index in [0.717, 1.165) is 0 Å². The monoisotopic (exact) mass is 410 g/mol. The van der Waals surface area contributed by atoms with Gasteiger partial charge in [-0.1, -0.05) is 12.1 Å². The van der Waals surface area contributed by atoms with Gasteiger partial charge in [0.1, 0.15) is 12.1 Å². The molecule has 9 heteroatoms. The third-order valence-electron chi connectivity index (χ3n) is 4.29. The number of para-hydroxylation sites is 1. The van der Waals surface area contributed by atoms with Crippen molar-refractivity contribution in [2.45, 2.75) is 4.90 Å². The van der Waals surface area contributed by atoms with Crippen LogP contribution in [0.3, 0.4) is 0 Å². The van der Waals surface area contributed by atoms with Crippen LogP contribution in [-0.2, 0) is 10.0 Å². The Hall–Kier alpha value is -3.59. The van der Waals surface area contributed by atoms with Crippen LogP contribution in [0.2, 0.25) is 0 Å². The average molecular weight is 410 g/mol. The van der Waals surface area contributed by atoms with Crippen molar-refractivity contribution >= 4 is 26.6 Å². The van der Waals surface area contributed by atoms with Crippen LogP contribution in [0.1, 0.15) is 0 Å². The summed E-state index contributed by atoms with van der Waals surface area (Å²) in [5.41, 5.74) is 0.972. The Kier molecular flexibility index (Phi) is 4.81. The van der Waals surface area contributed by atoms with E-state index in [1.807, 2.05) is 0 Å². The van der Waals surface area contributed by atoms with Gasteiger partial charge in [0.25, 0.3) is 10.0 Å². The topological polar surface area (TPSA) is 94.1 Å². The molecule has 0 aliphatic heterocycles. The molecule has 0 aliphatic carbocycles. The van der Waals surface area contributed by atoms with Gasteiger partial charge in [-0.3, -0.25) is 9.71 Å². The molecule has 0 spiro atoms. The van der Waals surface area contributed by atoms with Gasteiger partial charge in [0, 0.05) is 23.3 Å². The van der Waals surface area contributed by atoms with E-state index in [0.29, 0.717) is 22.0 Å². The quantitative estimate of drug-likeness (QED) is 0.540. The van der Waals surface area contributed by atoms with Crippen molar-refractivity contribution in [2.24, 2.45) is 0 Å². The summed E-state index contributed by atoms with van der Waals surface area (Å²) < 4.78 is 47.1. The third kappa shape index (κ3) is 3.59. The third-order valence-corrected chi connectivity index (χ3v) is 5.65. The Bertz CT molecular complexity index is 1300. The first-order chi connectivity index (χ1) is 14.0. The smallest absolute Gasteiger partial charge is 0.263 e. The number of fused-ring (bicyclic) bond motifs is 1. The van der Waals surface area contributed by atoms with E-state index in [4.69, 9.17) is 4.74 Å². The molecule has 0 fully saturated rings. The van der Waals surface area contributed by atoms with Crippen LogP contribution in [0.5, 0.6) is 5.75 Å². The summed E-state index contributed by atoms with van der Waals surface area (Å²) in [6, 6.07) is 12.3. The molecule has 4 rings (SSSR count). The Morgan fingerprint density at radius 1 is 1.03 bits per heavy atom. The molecule has 0 aliphatic rings. The molecular formula is C20H15FN4O3S. The number of hydrogen-bond donors (Lipinski definition) is 1. The minimum Gasteiger partial charge on any atom is -0.493 e. The van der Waals surface area contributed by atoms with E-state index >= 15 is 0 Å². The van der Waals surface area contributed by atoms with Gasteiger partial charge in [-0.15, -0.1) is 0 Å². The van der Waals surface area contributed by atoms with E-state index in [1.165, 1.54) is 50.1 Å². The van der Waals surface area contributed by atoms with Gasteiger partial charge in [0.15, 0.2) is 11.6 Å². The molecular weight excluding hydrogens is 395 g/mol. The highest BCUT2D eigenvalue weighted by Crippen LogP contribution is 2.35. The van der Waals surface area contributed by atoms with E-state index in [-0.39, 0.29) is 16.5 Å². The van der Waals surface area contributed by atoms with Crippen LogP contribution in [0.25, 0.3) is 22.0 Å². The van der Waals surface area contributed by atoms with Crippen molar-refractivity contribution in [1.29, 1.82) is 0 Å². The first kappa shape index (κ1) is 18.8. The highest BCUT2D eigenvalue weighted by Gasteiger charge is 2.18. The summed E-state index contributed by atoms with van der Waals surface area (Å²) in [6.07, 6.45) is 4.23. The number of hydrogen-bond acceptors (Lipinski definition) is 6. The van der Waals surface area contributed by atoms with Gasteiger partial charge in [-0.05, 0) is 41.8 Å². The van der Waals surface area contributed by atoms with Crippen LogP contribution >= 0.6 is 0 Å². The van der Waals surface area contributed by atoms with Gasteiger partial charge in [-0.25, -0.2) is 22.8 Å². The highest BCUT2D eigenvalue weighted by molar-refractivity contribution is 7.92. The number of ether oxygens (including phenoxy) is 1. The summed E-state index contributed by atoms with van der Waals surface area (Å²) in [4.78, 5) is 12.0. The van der Waals surface area contributed by atoms with Crippen LogP contribution in [-0.4, -0.2) is 30.5 Å². The highest BCUT2D eigenvalue weighted by atomic mass is 32.2. The predicted molar refractivity (Wildman–Crippen MR) is 107 cm³/mol. The number of methoxy groups -OCH3 is 1. The zero-order valence-electron chi connectivity index (χ0n) is 15.2. The Labute approximate surface area is 166 Å². The zero-order valence-corrected chi connectivity index (χ0v) is 16.0. The lowest BCUT2D eigenvalue weighted by atomic mass is 10.0. The normalized spacial score (nSPS) is 11.4. The number of anilines is 1. The van der Waals surface area contributed by atoms with Crippen molar-refractivity contribution < 1.29 is 17.5 Å². The molecule has 0 amide bonds. The molecule has 146 valence electrons. The number of rotatable bonds is 5. The maximum absolute atomic E-state index is 14.1. The SMILES string of the molecule is COc1c(F)cccc1-c1nccc2cc(S(=O)(=O)Nc3ccncn3)ccc12. The first-order valence-electron chi connectivity index (χ1n) is 8.50. The van der Waals surface area contributed by atoms with Crippen LogP contribution < -0.4 is 9.46 Å². The van der Waals surface area contributed by atoms with Crippen molar-refractivity contribution in [1.82, 2.24) is 15.0 Å². The molecule has 0 radical (unpaired) electrons. The molecule has 4 aromatic rings. The lowest BCUT2D eigenvalue weighted by Gasteiger charge is -2.12. The molecule has 2 aromatic heterocycles. The Morgan fingerprint density at radius 3 is 2.66 bits per heavy atom. The lowest BCUT2D eigenvalue weighted by Crippen LogP contribution is -2.13. The summed E-state index contributed by atoms with van der Waals surface area (Å²) in [7, 11) is -2.46. The molecule has 29 heavy (non-hydrogen) atoms. The number of pyridine rings is 1. The summed E-state index contributed by atoms with van der Waals surface area (Å²) in [5.74, 6) is -0.258. The number of nitrogens with one attached hydrogen (secondary N) is 1. The molecule has 0 atom stereocenters. The molecule has 0 bridgehead atoms. The fourth-order valence-corrected chi connectivity index (χ4v) is 4.03. The van der Waals surface area contributed by atoms with E-state index in [2.05, 4.69) is 19.7 Å². The summed E-state index contributed by atoms with van der Waals surface area (Å²) >= 11 is 0. The minimum absolute atomic E-state index is 0.0620. The number of nitrogens with zero attached hydrogens (tertiary/aromatic N) is 3. The standard InChI is InChI=1S/C20H15FN4O3S/c1-28-20-16(3-2-4-17(20)21)19-15-6-5-14(11-13(15)7-10-23-19)29(26,27)25-18-8-9-22-12-24-18/h2-12H,1H3,(H,22,24,25). The number of sulfonamides is 1. The molecule has 1 N–H and O–H groups in total. The second-order valence-electron chi connectivity index (χ2n) is 6.06. The van der Waals surface area contributed by atoms with Crippen LogP contribution in [0.15, 0.2) is 72.1 Å². The van der Waals surface area contributed by atoms with E-state index in [9.17, 15) is 12.8 Å². The largest absolute Gasteiger partial charge is 0.493 e. The van der Waals surface area contributed by atoms with Gasteiger partial charge >= 0.3 is 0 Å². The maximum Gasteiger partial charge on any atom is 0.263 e. The molecule has 0 saturated carbocycles. The van der Waals surface area contributed by atoms with Crippen molar-refractivity contribution in [2.75, 3.05) is 11.8 Å². The van der Waals surface area contributed by atoms with Crippen molar-refractivity contribution in [3.63, 3.8) is 0 Å². The molecule has 0 saturated heterocycles. The first-order valence-corrected chi connectivity index (χ1v) is 9.98. The lowest BCUT2D eigenvalue weighted by molar-refractivity contribution is 0.388. The van der Waals surface area contributed by atoms with Crippen LogP contribution in [0.4, 0.5) is 10.2 Å². The molecule has 0 unspecified atom stereocenters. The van der Waals surface area contributed by atoms with E-state index in [1.54, 1.807) is 24.3 Å².